The Balaban J connectivity index is 2.01. The minimum atomic E-state index is -3.47. The van der Waals surface area contributed by atoms with E-state index in [1.165, 1.54) is 11.3 Å². The molecule has 0 aliphatic heterocycles. The van der Waals surface area contributed by atoms with Gasteiger partial charge in [-0.25, -0.2) is 13.1 Å². The maximum Gasteiger partial charge on any atom is 0.250 e. The van der Waals surface area contributed by atoms with Crippen LogP contribution in [0.3, 0.4) is 0 Å². The van der Waals surface area contributed by atoms with E-state index in [1.54, 1.807) is 30.1 Å². The molecule has 0 fully saturated rings. The topological polar surface area (TPSA) is 76.0 Å². The zero-order chi connectivity index (χ0) is 15.5. The van der Waals surface area contributed by atoms with Gasteiger partial charge in [-0.1, -0.05) is 13.8 Å². The Morgan fingerprint density at radius 2 is 2.05 bits per heavy atom. The molecule has 2 aromatic heterocycles. The normalized spacial score (nSPS) is 12.2. The van der Waals surface area contributed by atoms with Gasteiger partial charge < -0.3 is 5.32 Å². The first-order valence-electron chi connectivity index (χ1n) is 6.67. The van der Waals surface area contributed by atoms with E-state index < -0.39 is 10.0 Å². The number of aromatic nitrogens is 2. The van der Waals surface area contributed by atoms with Crippen LogP contribution in [0.5, 0.6) is 0 Å². The highest BCUT2D eigenvalue weighted by molar-refractivity contribution is 7.91. The summed E-state index contributed by atoms with van der Waals surface area (Å²) >= 11 is 1.29. The molecule has 0 amide bonds. The largest absolute Gasteiger partial charge is 0.310 e. The second-order valence-corrected chi connectivity index (χ2v) is 8.19. The van der Waals surface area contributed by atoms with Crippen molar-refractivity contribution in [1.82, 2.24) is 19.8 Å². The lowest BCUT2D eigenvalue weighted by atomic mass is 10.4. The third-order valence-electron chi connectivity index (χ3n) is 2.95. The first-order valence-corrected chi connectivity index (χ1v) is 8.97. The molecule has 2 N–H and O–H groups in total. The SMILES string of the molecule is CC(C)NCc1ccc(S(=O)(=O)NCc2ccnn2C)s1. The molecule has 0 unspecified atom stereocenters. The van der Waals surface area contributed by atoms with Crippen molar-refractivity contribution in [3.05, 3.63) is 35.0 Å². The highest BCUT2D eigenvalue weighted by Gasteiger charge is 2.17. The molecule has 2 heterocycles. The molecule has 0 atom stereocenters. The van der Waals surface area contributed by atoms with Crippen LogP contribution in [0.15, 0.2) is 28.6 Å². The Morgan fingerprint density at radius 3 is 2.67 bits per heavy atom. The molecule has 0 saturated heterocycles. The van der Waals surface area contributed by atoms with Gasteiger partial charge in [0.1, 0.15) is 4.21 Å². The van der Waals surface area contributed by atoms with Crippen LogP contribution in [0, 0.1) is 0 Å². The van der Waals surface area contributed by atoms with Crippen molar-refractivity contribution in [2.75, 3.05) is 0 Å². The monoisotopic (exact) mass is 328 g/mol. The Hall–Kier alpha value is -1.22. The third-order valence-corrected chi connectivity index (χ3v) is 5.93. The van der Waals surface area contributed by atoms with Crippen LogP contribution in [-0.4, -0.2) is 24.2 Å². The van der Waals surface area contributed by atoms with Gasteiger partial charge in [-0.3, -0.25) is 4.68 Å². The molecule has 0 bridgehead atoms. The lowest BCUT2D eigenvalue weighted by Gasteiger charge is -2.06. The summed E-state index contributed by atoms with van der Waals surface area (Å²) in [7, 11) is -1.69. The molecule has 2 aromatic rings. The molecule has 8 heteroatoms. The lowest BCUT2D eigenvalue weighted by Crippen LogP contribution is -2.23. The molecule has 21 heavy (non-hydrogen) atoms. The van der Waals surface area contributed by atoms with Crippen molar-refractivity contribution >= 4 is 21.4 Å². The molecule has 0 aliphatic rings. The third kappa shape index (κ3) is 4.37. The number of hydrogen-bond donors (Lipinski definition) is 2. The average Bonchev–Trinajstić information content (AvgIpc) is 3.03. The molecule has 0 spiro atoms. The fraction of sp³-hybridized carbons (Fsp3) is 0.462. The maximum absolute atomic E-state index is 12.2. The molecule has 116 valence electrons. The van der Waals surface area contributed by atoms with Gasteiger partial charge in [0.15, 0.2) is 0 Å². The highest BCUT2D eigenvalue weighted by Crippen LogP contribution is 2.21. The maximum atomic E-state index is 12.2. The summed E-state index contributed by atoms with van der Waals surface area (Å²) in [6.07, 6.45) is 1.64. The molecule has 0 aromatic carbocycles. The number of hydrogen-bond acceptors (Lipinski definition) is 5. The number of nitrogens with one attached hydrogen (secondary N) is 2. The second-order valence-electron chi connectivity index (χ2n) is 5.03. The Bertz CT molecular complexity index is 689. The van der Waals surface area contributed by atoms with Gasteiger partial charge in [0.2, 0.25) is 10.0 Å². The molecule has 0 aliphatic carbocycles. The Morgan fingerprint density at radius 1 is 1.29 bits per heavy atom. The highest BCUT2D eigenvalue weighted by atomic mass is 32.2. The summed E-state index contributed by atoms with van der Waals surface area (Å²) in [6, 6.07) is 5.65. The van der Waals surface area contributed by atoms with Crippen LogP contribution in [-0.2, 0) is 30.2 Å². The van der Waals surface area contributed by atoms with Crippen LogP contribution in [0.1, 0.15) is 24.4 Å². The van der Waals surface area contributed by atoms with E-state index in [2.05, 4.69) is 29.0 Å². The van der Waals surface area contributed by atoms with Crippen LogP contribution >= 0.6 is 11.3 Å². The van der Waals surface area contributed by atoms with Crippen molar-refractivity contribution in [3.63, 3.8) is 0 Å². The number of thiophene rings is 1. The van der Waals surface area contributed by atoms with Gasteiger partial charge in [-0.15, -0.1) is 11.3 Å². The van der Waals surface area contributed by atoms with Crippen molar-refractivity contribution in [1.29, 1.82) is 0 Å². The lowest BCUT2D eigenvalue weighted by molar-refractivity contribution is 0.579. The predicted molar refractivity (Wildman–Crippen MR) is 83.5 cm³/mol. The van der Waals surface area contributed by atoms with Crippen LogP contribution in [0.4, 0.5) is 0 Å². The quantitative estimate of drug-likeness (QED) is 0.807. The number of aryl methyl sites for hydroxylation is 1. The number of rotatable bonds is 7. The second kappa shape index (κ2) is 6.69. The summed E-state index contributed by atoms with van der Waals surface area (Å²) in [5, 5.41) is 7.28. The fourth-order valence-electron chi connectivity index (χ4n) is 1.72. The van der Waals surface area contributed by atoms with Crippen molar-refractivity contribution in [2.24, 2.45) is 7.05 Å². The Labute approximate surface area is 129 Å². The van der Waals surface area contributed by atoms with E-state index in [4.69, 9.17) is 0 Å². The fourth-order valence-corrected chi connectivity index (χ4v) is 4.07. The predicted octanol–water partition coefficient (Wildman–Crippen LogP) is 1.46. The van der Waals surface area contributed by atoms with E-state index in [1.807, 2.05) is 6.07 Å². The van der Waals surface area contributed by atoms with Crippen LogP contribution in [0.2, 0.25) is 0 Å². The van der Waals surface area contributed by atoms with Gasteiger partial charge in [0.25, 0.3) is 0 Å². The van der Waals surface area contributed by atoms with Crippen LogP contribution < -0.4 is 10.0 Å². The summed E-state index contributed by atoms with van der Waals surface area (Å²) in [6.45, 7) is 5.03. The molecule has 0 radical (unpaired) electrons. The summed E-state index contributed by atoms with van der Waals surface area (Å²) in [5.41, 5.74) is 0.817. The molecular formula is C13H20N4O2S2. The summed E-state index contributed by atoms with van der Waals surface area (Å²) in [4.78, 5) is 1.00. The zero-order valence-corrected chi connectivity index (χ0v) is 14.0. The van der Waals surface area contributed by atoms with Crippen LogP contribution in [0.25, 0.3) is 0 Å². The molecule has 2 rings (SSSR count). The van der Waals surface area contributed by atoms with E-state index in [-0.39, 0.29) is 6.54 Å². The van der Waals surface area contributed by atoms with Gasteiger partial charge in [-0.05, 0) is 18.2 Å². The molecule has 0 saturated carbocycles. The average molecular weight is 328 g/mol. The molecule has 6 nitrogen and oxygen atoms in total. The van der Waals surface area contributed by atoms with Gasteiger partial charge in [-0.2, -0.15) is 5.10 Å². The zero-order valence-electron chi connectivity index (χ0n) is 12.3. The standard InChI is InChI=1S/C13H20N4O2S2/c1-10(2)14-9-12-4-5-13(20-12)21(18,19)16-8-11-6-7-15-17(11)3/h4-7,10,14,16H,8-9H2,1-3H3. The van der Waals surface area contributed by atoms with Gasteiger partial charge in [0, 0.05) is 30.7 Å². The van der Waals surface area contributed by atoms with E-state index in [0.29, 0.717) is 16.8 Å². The number of sulfonamides is 1. The van der Waals surface area contributed by atoms with Crippen molar-refractivity contribution in [3.8, 4) is 0 Å². The van der Waals surface area contributed by atoms with E-state index >= 15 is 0 Å². The van der Waals surface area contributed by atoms with E-state index in [9.17, 15) is 8.42 Å². The van der Waals surface area contributed by atoms with E-state index in [0.717, 1.165) is 10.6 Å². The number of nitrogens with zero attached hydrogens (tertiary/aromatic N) is 2. The van der Waals surface area contributed by atoms with Gasteiger partial charge in [0.05, 0.1) is 12.2 Å². The van der Waals surface area contributed by atoms with Crippen molar-refractivity contribution < 1.29 is 8.42 Å². The first-order chi connectivity index (χ1) is 9.88. The minimum absolute atomic E-state index is 0.232. The Kier molecular flexibility index (Phi) is 5.15. The van der Waals surface area contributed by atoms with Gasteiger partial charge >= 0.3 is 0 Å². The first kappa shape index (κ1) is 16.2. The summed E-state index contributed by atoms with van der Waals surface area (Å²) in [5.74, 6) is 0. The summed E-state index contributed by atoms with van der Waals surface area (Å²) < 4.78 is 29.1. The smallest absolute Gasteiger partial charge is 0.250 e. The minimum Gasteiger partial charge on any atom is -0.310 e. The molecular weight excluding hydrogens is 308 g/mol. The van der Waals surface area contributed by atoms with Crippen molar-refractivity contribution in [2.45, 2.75) is 37.2 Å².